The predicted octanol–water partition coefficient (Wildman–Crippen LogP) is 6.50. The third-order valence-corrected chi connectivity index (χ3v) is 5.84. The van der Waals surface area contributed by atoms with Crippen LogP contribution in [0.1, 0.15) is 25.3 Å². The number of nitrogens with one attached hydrogen (secondary N) is 1. The Morgan fingerprint density at radius 3 is 2.71 bits per heavy atom. The van der Waals surface area contributed by atoms with Gasteiger partial charge >= 0.3 is 0 Å². The average molecular weight is 548 g/mol. The molecule has 0 atom stereocenters. The molecule has 0 radical (unpaired) electrons. The minimum atomic E-state index is -0.141. The summed E-state index contributed by atoms with van der Waals surface area (Å²) < 4.78 is 6.73. The lowest BCUT2D eigenvalue weighted by Crippen LogP contribution is -2.15. The van der Waals surface area contributed by atoms with Crippen molar-refractivity contribution in [3.63, 3.8) is 0 Å². The summed E-state index contributed by atoms with van der Waals surface area (Å²) in [6.45, 7) is 4.19. The van der Waals surface area contributed by atoms with Crippen LogP contribution in [0.2, 0.25) is 10.0 Å². The van der Waals surface area contributed by atoms with Crippen LogP contribution in [-0.2, 0) is 4.79 Å². The van der Waals surface area contributed by atoms with E-state index in [4.69, 9.17) is 27.6 Å². The third kappa shape index (κ3) is 5.40. The molecule has 3 aromatic rings. The Bertz CT molecular complexity index is 1010. The van der Waals surface area contributed by atoms with Gasteiger partial charge in [0.25, 0.3) is 5.22 Å². The van der Waals surface area contributed by atoms with Gasteiger partial charge in [-0.1, -0.05) is 48.8 Å². The van der Waals surface area contributed by atoms with Crippen molar-refractivity contribution in [3.05, 3.63) is 55.6 Å². The molecule has 2 aromatic carbocycles. The quantitative estimate of drug-likeness (QED) is 0.282. The van der Waals surface area contributed by atoms with Crippen LogP contribution in [0, 0.1) is 3.57 Å². The van der Waals surface area contributed by atoms with Crippen LogP contribution in [-0.4, -0.2) is 21.9 Å². The summed E-state index contributed by atoms with van der Waals surface area (Å²) in [4.78, 5) is 12.4. The summed E-state index contributed by atoms with van der Waals surface area (Å²) in [5.41, 5.74) is 2.51. The highest BCUT2D eigenvalue weighted by atomic mass is 127. The minimum absolute atomic E-state index is 0.141. The number of aromatic nitrogens is 2. The first-order valence-electron chi connectivity index (χ1n) is 8.34. The Balaban J connectivity index is 1.64. The van der Waals surface area contributed by atoms with Crippen molar-refractivity contribution in [3.8, 4) is 11.5 Å². The molecule has 146 valence electrons. The molecular weight excluding hydrogens is 532 g/mol. The molecule has 0 aliphatic heterocycles. The van der Waals surface area contributed by atoms with Gasteiger partial charge in [-0.3, -0.25) is 4.79 Å². The zero-order valence-electron chi connectivity index (χ0n) is 15.0. The summed E-state index contributed by atoms with van der Waals surface area (Å²) in [5.74, 6) is 0.599. The van der Waals surface area contributed by atoms with E-state index < -0.39 is 0 Å². The van der Waals surface area contributed by atoms with Gasteiger partial charge in [0.05, 0.1) is 16.3 Å². The first-order chi connectivity index (χ1) is 13.3. The fraction of sp³-hybridized carbons (Fsp3) is 0.211. The molecule has 0 spiro atoms. The first-order valence-corrected chi connectivity index (χ1v) is 11.2. The second-order valence-electron chi connectivity index (χ2n) is 6.22. The second-order valence-corrected chi connectivity index (χ2v) is 9.24. The fourth-order valence-electron chi connectivity index (χ4n) is 2.48. The van der Waals surface area contributed by atoms with Crippen LogP contribution in [0.4, 0.5) is 5.69 Å². The molecule has 0 aliphatic carbocycles. The second kappa shape index (κ2) is 9.47. The van der Waals surface area contributed by atoms with Gasteiger partial charge in [-0.15, -0.1) is 10.2 Å². The number of rotatable bonds is 6. The summed E-state index contributed by atoms with van der Waals surface area (Å²) in [6.07, 6.45) is 0. The highest BCUT2D eigenvalue weighted by Gasteiger charge is 2.15. The highest BCUT2D eigenvalue weighted by Crippen LogP contribution is 2.31. The maximum absolute atomic E-state index is 12.4. The number of benzene rings is 2. The van der Waals surface area contributed by atoms with Gasteiger partial charge < -0.3 is 9.73 Å². The van der Waals surface area contributed by atoms with Crippen molar-refractivity contribution < 1.29 is 9.21 Å². The molecular formula is C19H16Cl2IN3O2S. The minimum Gasteiger partial charge on any atom is -0.411 e. The Labute approximate surface area is 190 Å². The molecule has 0 fully saturated rings. The van der Waals surface area contributed by atoms with Gasteiger partial charge in [0, 0.05) is 14.3 Å². The molecule has 1 heterocycles. The van der Waals surface area contributed by atoms with Crippen molar-refractivity contribution in [1.82, 2.24) is 10.2 Å². The van der Waals surface area contributed by atoms with Gasteiger partial charge in [0.2, 0.25) is 11.8 Å². The largest absolute Gasteiger partial charge is 0.411 e. The Morgan fingerprint density at radius 2 is 2.00 bits per heavy atom. The van der Waals surface area contributed by atoms with E-state index in [-0.39, 0.29) is 17.6 Å². The molecule has 0 unspecified atom stereocenters. The molecule has 1 N–H and O–H groups in total. The van der Waals surface area contributed by atoms with E-state index in [0.717, 1.165) is 14.8 Å². The molecule has 3 rings (SSSR count). The standard InChI is InChI=1S/C19H16Cl2IN3O2S/c1-10(2)14-8-12(22)4-6-16(14)23-17(26)9-28-19-25-24-18(27-19)13-5-3-11(20)7-15(13)21/h3-8,10H,9H2,1-2H3,(H,23,26). The normalized spacial score (nSPS) is 11.1. The zero-order chi connectivity index (χ0) is 20.3. The lowest BCUT2D eigenvalue weighted by atomic mass is 10.0. The smallest absolute Gasteiger partial charge is 0.277 e. The topological polar surface area (TPSA) is 68.0 Å². The van der Waals surface area contributed by atoms with Gasteiger partial charge in [0.1, 0.15) is 0 Å². The van der Waals surface area contributed by atoms with Gasteiger partial charge in [-0.05, 0) is 70.5 Å². The van der Waals surface area contributed by atoms with E-state index in [9.17, 15) is 4.79 Å². The first kappa shape index (κ1) is 21.4. The molecule has 1 aromatic heterocycles. The molecule has 0 saturated carbocycles. The lowest BCUT2D eigenvalue weighted by Gasteiger charge is -2.14. The van der Waals surface area contributed by atoms with Crippen LogP contribution < -0.4 is 5.32 Å². The van der Waals surface area contributed by atoms with Crippen molar-refractivity contribution in [1.29, 1.82) is 0 Å². The van der Waals surface area contributed by atoms with Crippen molar-refractivity contribution >= 4 is 69.1 Å². The van der Waals surface area contributed by atoms with E-state index in [0.29, 0.717) is 26.7 Å². The molecule has 5 nitrogen and oxygen atoms in total. The van der Waals surface area contributed by atoms with Crippen LogP contribution in [0.3, 0.4) is 0 Å². The van der Waals surface area contributed by atoms with Crippen LogP contribution in [0.25, 0.3) is 11.5 Å². The van der Waals surface area contributed by atoms with Crippen molar-refractivity contribution in [2.24, 2.45) is 0 Å². The molecule has 9 heteroatoms. The SMILES string of the molecule is CC(C)c1cc(I)ccc1NC(=O)CSc1nnc(-c2ccc(Cl)cc2Cl)o1. The van der Waals surface area contributed by atoms with Crippen LogP contribution in [0.5, 0.6) is 0 Å². The predicted molar refractivity (Wildman–Crippen MR) is 122 cm³/mol. The van der Waals surface area contributed by atoms with E-state index in [1.54, 1.807) is 18.2 Å². The van der Waals surface area contributed by atoms with Crippen LogP contribution in [0.15, 0.2) is 46.0 Å². The van der Waals surface area contributed by atoms with Crippen molar-refractivity contribution in [2.75, 3.05) is 11.1 Å². The van der Waals surface area contributed by atoms with Gasteiger partial charge in [-0.2, -0.15) is 0 Å². The lowest BCUT2D eigenvalue weighted by molar-refractivity contribution is -0.113. The molecule has 28 heavy (non-hydrogen) atoms. The third-order valence-electron chi connectivity index (χ3n) is 3.80. The molecule has 0 saturated heterocycles. The van der Waals surface area contributed by atoms with E-state index >= 15 is 0 Å². The summed E-state index contributed by atoms with van der Waals surface area (Å²) in [5, 5.41) is 12.1. The summed E-state index contributed by atoms with van der Waals surface area (Å²) in [7, 11) is 0. The Hall–Kier alpha value is -1.29. The molecule has 1 amide bonds. The van der Waals surface area contributed by atoms with Gasteiger partial charge in [-0.25, -0.2) is 0 Å². The number of carbonyl (C=O) groups excluding carboxylic acids is 1. The Morgan fingerprint density at radius 1 is 1.21 bits per heavy atom. The monoisotopic (exact) mass is 547 g/mol. The molecule has 0 bridgehead atoms. The van der Waals surface area contributed by atoms with Crippen LogP contribution >= 0.6 is 57.6 Å². The van der Waals surface area contributed by atoms with Crippen molar-refractivity contribution in [2.45, 2.75) is 25.0 Å². The number of amides is 1. The number of hydrogen-bond donors (Lipinski definition) is 1. The van der Waals surface area contributed by atoms with E-state index in [1.165, 1.54) is 11.8 Å². The summed E-state index contributed by atoms with van der Waals surface area (Å²) in [6, 6.07) is 11.0. The number of carbonyl (C=O) groups is 1. The number of hydrogen-bond acceptors (Lipinski definition) is 5. The number of nitrogens with zero attached hydrogens (tertiary/aromatic N) is 2. The summed E-state index contributed by atoms with van der Waals surface area (Å²) >= 11 is 15.5. The Kier molecular flexibility index (Phi) is 7.25. The number of thioether (sulfide) groups is 1. The van der Waals surface area contributed by atoms with Gasteiger partial charge in [0.15, 0.2) is 0 Å². The zero-order valence-corrected chi connectivity index (χ0v) is 19.5. The van der Waals surface area contributed by atoms with E-state index in [2.05, 4.69) is 58.0 Å². The average Bonchev–Trinajstić information content (AvgIpc) is 3.10. The number of halogens is 3. The maximum atomic E-state index is 12.4. The molecule has 0 aliphatic rings. The highest BCUT2D eigenvalue weighted by molar-refractivity contribution is 14.1. The fourth-order valence-corrected chi connectivity index (χ4v) is 4.05. The van der Waals surface area contributed by atoms with E-state index in [1.807, 2.05) is 12.1 Å². The maximum Gasteiger partial charge on any atom is 0.277 e. The number of anilines is 1.